The highest BCUT2D eigenvalue weighted by molar-refractivity contribution is 7.89. The normalized spacial score (nSPS) is 13.1. The van der Waals surface area contributed by atoms with Crippen molar-refractivity contribution in [2.75, 3.05) is 11.1 Å². The second-order valence-corrected chi connectivity index (χ2v) is 6.46. The summed E-state index contributed by atoms with van der Waals surface area (Å²) in [5.41, 5.74) is 8.48. The first kappa shape index (κ1) is 15.3. The third kappa shape index (κ3) is 3.17. The lowest BCUT2D eigenvalue weighted by Gasteiger charge is -2.17. The van der Waals surface area contributed by atoms with Gasteiger partial charge in [0.15, 0.2) is 0 Å². The van der Waals surface area contributed by atoms with Crippen molar-refractivity contribution >= 4 is 21.4 Å². The van der Waals surface area contributed by atoms with Gasteiger partial charge < -0.3 is 15.6 Å². The smallest absolute Gasteiger partial charge is 0.238 e. The van der Waals surface area contributed by atoms with Gasteiger partial charge in [0.25, 0.3) is 0 Å². The van der Waals surface area contributed by atoms with Gasteiger partial charge in [-0.2, -0.15) is 0 Å². The van der Waals surface area contributed by atoms with Crippen LogP contribution in [-0.4, -0.2) is 13.6 Å². The molecule has 21 heavy (non-hydrogen) atoms. The maximum Gasteiger partial charge on any atom is 0.238 e. The van der Waals surface area contributed by atoms with Gasteiger partial charge in [-0.05, 0) is 39.0 Å². The molecule has 1 aromatic carbocycles. The molecule has 0 aliphatic heterocycles. The lowest BCUT2D eigenvalue weighted by molar-refractivity contribution is 0.392. The monoisotopic (exact) mass is 310 g/mol. The van der Waals surface area contributed by atoms with E-state index in [4.69, 9.17) is 15.4 Å². The molecule has 114 valence electrons. The summed E-state index contributed by atoms with van der Waals surface area (Å²) in [4.78, 5) is 0.00478. The fourth-order valence-corrected chi connectivity index (χ4v) is 2.79. The van der Waals surface area contributed by atoms with E-state index in [-0.39, 0.29) is 10.9 Å². The Hall–Kier alpha value is -2.06. The van der Waals surface area contributed by atoms with E-state index in [2.05, 4.69) is 10.5 Å². The molecule has 1 unspecified atom stereocenters. The Morgan fingerprint density at radius 1 is 1.33 bits per heavy atom. The first-order valence-electron chi connectivity index (χ1n) is 6.31. The Labute approximate surface area is 123 Å². The predicted octanol–water partition coefficient (Wildman–Crippen LogP) is 1.69. The summed E-state index contributed by atoms with van der Waals surface area (Å²) in [7, 11) is -3.77. The summed E-state index contributed by atoms with van der Waals surface area (Å²) in [6.07, 6.45) is 0. The average Bonchev–Trinajstić information content (AvgIpc) is 2.70. The molecule has 0 amide bonds. The summed E-state index contributed by atoms with van der Waals surface area (Å²) < 4.78 is 27.9. The van der Waals surface area contributed by atoms with E-state index in [0.29, 0.717) is 17.1 Å². The van der Waals surface area contributed by atoms with Crippen molar-refractivity contribution in [3.63, 3.8) is 0 Å². The molecule has 0 saturated carbocycles. The first-order chi connectivity index (χ1) is 9.70. The standard InChI is InChI=1S/C13H18N4O3S/c1-7(13-8(2)17-20-9(13)3)16-12-6-10(21(15,18)19)4-5-11(12)14/h4-7,16H,14H2,1-3H3,(H2,15,18,19). The molecule has 0 fully saturated rings. The average molecular weight is 310 g/mol. The summed E-state index contributed by atoms with van der Waals surface area (Å²) in [5, 5.41) is 12.2. The number of nitrogens with zero attached hydrogens (tertiary/aromatic N) is 1. The van der Waals surface area contributed by atoms with Crippen molar-refractivity contribution < 1.29 is 12.9 Å². The van der Waals surface area contributed by atoms with Crippen LogP contribution in [0.3, 0.4) is 0 Å². The zero-order chi connectivity index (χ0) is 15.8. The molecule has 0 aliphatic rings. The largest absolute Gasteiger partial charge is 0.397 e. The number of hydrogen-bond acceptors (Lipinski definition) is 6. The van der Waals surface area contributed by atoms with Crippen LogP contribution in [-0.2, 0) is 10.0 Å². The zero-order valence-corrected chi connectivity index (χ0v) is 12.9. The van der Waals surface area contributed by atoms with Gasteiger partial charge >= 0.3 is 0 Å². The number of aryl methyl sites for hydroxylation is 2. The molecule has 0 saturated heterocycles. The van der Waals surface area contributed by atoms with E-state index in [1.807, 2.05) is 20.8 Å². The molecule has 0 bridgehead atoms. The third-order valence-electron chi connectivity index (χ3n) is 3.25. The predicted molar refractivity (Wildman–Crippen MR) is 80.2 cm³/mol. The first-order valence-corrected chi connectivity index (χ1v) is 7.86. The Morgan fingerprint density at radius 3 is 2.52 bits per heavy atom. The lowest BCUT2D eigenvalue weighted by atomic mass is 10.1. The molecule has 8 heteroatoms. The molecular weight excluding hydrogens is 292 g/mol. The van der Waals surface area contributed by atoms with E-state index in [1.165, 1.54) is 18.2 Å². The fourth-order valence-electron chi connectivity index (χ4n) is 2.25. The Bertz CT molecular complexity index is 748. The second-order valence-electron chi connectivity index (χ2n) is 4.90. The van der Waals surface area contributed by atoms with Crippen LogP contribution in [0, 0.1) is 13.8 Å². The summed E-state index contributed by atoms with van der Waals surface area (Å²) >= 11 is 0. The van der Waals surface area contributed by atoms with Gasteiger partial charge in [-0.15, -0.1) is 0 Å². The minimum atomic E-state index is -3.77. The summed E-state index contributed by atoms with van der Waals surface area (Å²) in [5.74, 6) is 0.702. The van der Waals surface area contributed by atoms with Gasteiger partial charge in [0.1, 0.15) is 5.76 Å². The Morgan fingerprint density at radius 2 is 2.00 bits per heavy atom. The molecule has 5 N–H and O–H groups in total. The van der Waals surface area contributed by atoms with Gasteiger partial charge in [0.2, 0.25) is 10.0 Å². The quantitative estimate of drug-likeness (QED) is 0.738. The molecule has 1 atom stereocenters. The topological polar surface area (TPSA) is 124 Å². The number of primary sulfonamides is 1. The number of aromatic nitrogens is 1. The van der Waals surface area contributed by atoms with Crippen molar-refractivity contribution in [3.8, 4) is 0 Å². The van der Waals surface area contributed by atoms with Crippen LogP contribution in [0.5, 0.6) is 0 Å². The highest BCUT2D eigenvalue weighted by Gasteiger charge is 2.18. The van der Waals surface area contributed by atoms with E-state index in [0.717, 1.165) is 11.3 Å². The molecule has 2 rings (SSSR count). The van der Waals surface area contributed by atoms with Crippen molar-refractivity contribution in [2.45, 2.75) is 31.7 Å². The van der Waals surface area contributed by atoms with Crippen LogP contribution in [0.15, 0.2) is 27.6 Å². The number of nitrogen functional groups attached to an aromatic ring is 1. The minimum Gasteiger partial charge on any atom is -0.397 e. The molecule has 1 heterocycles. The van der Waals surface area contributed by atoms with Crippen LogP contribution in [0.4, 0.5) is 11.4 Å². The number of benzene rings is 1. The molecule has 2 aromatic rings. The number of sulfonamides is 1. The van der Waals surface area contributed by atoms with Crippen LogP contribution in [0.25, 0.3) is 0 Å². The Kier molecular flexibility index (Phi) is 3.93. The maximum atomic E-state index is 11.4. The Balaban J connectivity index is 2.35. The molecule has 7 nitrogen and oxygen atoms in total. The molecule has 1 aromatic heterocycles. The molecule has 0 aliphatic carbocycles. The van der Waals surface area contributed by atoms with Crippen LogP contribution >= 0.6 is 0 Å². The number of nitrogens with one attached hydrogen (secondary N) is 1. The van der Waals surface area contributed by atoms with Crippen molar-refractivity contribution in [3.05, 3.63) is 35.2 Å². The molecular formula is C13H18N4O3S. The van der Waals surface area contributed by atoms with Gasteiger partial charge in [-0.1, -0.05) is 5.16 Å². The van der Waals surface area contributed by atoms with Gasteiger partial charge in [-0.25, -0.2) is 13.6 Å². The fraction of sp³-hybridized carbons (Fsp3) is 0.308. The van der Waals surface area contributed by atoms with Crippen LogP contribution in [0.2, 0.25) is 0 Å². The SMILES string of the molecule is Cc1noc(C)c1C(C)Nc1cc(S(N)(=O)=O)ccc1N. The van der Waals surface area contributed by atoms with E-state index >= 15 is 0 Å². The number of hydrogen-bond donors (Lipinski definition) is 3. The maximum absolute atomic E-state index is 11.4. The zero-order valence-electron chi connectivity index (χ0n) is 12.0. The number of anilines is 2. The van der Waals surface area contributed by atoms with E-state index in [9.17, 15) is 8.42 Å². The van der Waals surface area contributed by atoms with Gasteiger partial charge in [-0.3, -0.25) is 0 Å². The number of rotatable bonds is 4. The third-order valence-corrected chi connectivity index (χ3v) is 4.16. The summed E-state index contributed by atoms with van der Waals surface area (Å²) in [6, 6.07) is 4.15. The van der Waals surface area contributed by atoms with Crippen LogP contribution < -0.4 is 16.2 Å². The van der Waals surface area contributed by atoms with Gasteiger partial charge in [0.05, 0.1) is 28.0 Å². The minimum absolute atomic E-state index is 0.00478. The van der Waals surface area contributed by atoms with Crippen LogP contribution in [0.1, 0.15) is 30.0 Å². The van der Waals surface area contributed by atoms with E-state index < -0.39 is 10.0 Å². The van der Waals surface area contributed by atoms with Crippen molar-refractivity contribution in [2.24, 2.45) is 5.14 Å². The summed E-state index contributed by atoms with van der Waals surface area (Å²) in [6.45, 7) is 5.57. The second kappa shape index (κ2) is 5.38. The molecule has 0 radical (unpaired) electrons. The van der Waals surface area contributed by atoms with E-state index in [1.54, 1.807) is 0 Å². The highest BCUT2D eigenvalue weighted by atomic mass is 32.2. The molecule has 0 spiro atoms. The number of nitrogens with two attached hydrogens (primary N) is 2. The van der Waals surface area contributed by atoms with Gasteiger partial charge in [0, 0.05) is 5.56 Å². The van der Waals surface area contributed by atoms with Crippen molar-refractivity contribution in [1.29, 1.82) is 0 Å². The lowest BCUT2D eigenvalue weighted by Crippen LogP contribution is -2.14. The van der Waals surface area contributed by atoms with Crippen molar-refractivity contribution in [1.82, 2.24) is 5.16 Å². The highest BCUT2D eigenvalue weighted by Crippen LogP contribution is 2.29.